The van der Waals surface area contributed by atoms with Crippen LogP contribution in [0.3, 0.4) is 0 Å². The standard InChI is InChI=1S/C19H32N2/c1-5-19(4)11-13-21(14-12-19)15-18(20-6-2)17-9-7-16(3)8-10-17/h7-10,18,20H,5-6,11-15H2,1-4H3. The average Bonchev–Trinajstić information content (AvgIpc) is 2.50. The topological polar surface area (TPSA) is 15.3 Å². The highest BCUT2D eigenvalue weighted by atomic mass is 15.2. The summed E-state index contributed by atoms with van der Waals surface area (Å²) in [5.74, 6) is 0. The van der Waals surface area contributed by atoms with Crippen molar-refractivity contribution in [1.82, 2.24) is 10.2 Å². The van der Waals surface area contributed by atoms with Crippen LogP contribution in [0.2, 0.25) is 0 Å². The maximum Gasteiger partial charge on any atom is 0.0449 e. The molecule has 1 heterocycles. The Balaban J connectivity index is 1.96. The van der Waals surface area contributed by atoms with E-state index in [0.29, 0.717) is 11.5 Å². The van der Waals surface area contributed by atoms with Crippen molar-refractivity contribution in [3.05, 3.63) is 35.4 Å². The van der Waals surface area contributed by atoms with E-state index < -0.39 is 0 Å². The van der Waals surface area contributed by atoms with E-state index >= 15 is 0 Å². The summed E-state index contributed by atoms with van der Waals surface area (Å²) in [5.41, 5.74) is 3.34. The monoisotopic (exact) mass is 288 g/mol. The maximum absolute atomic E-state index is 3.66. The summed E-state index contributed by atoms with van der Waals surface area (Å²) >= 11 is 0. The molecule has 0 aromatic heterocycles. The number of nitrogens with zero attached hydrogens (tertiary/aromatic N) is 1. The van der Waals surface area contributed by atoms with Gasteiger partial charge in [0.05, 0.1) is 0 Å². The summed E-state index contributed by atoms with van der Waals surface area (Å²) < 4.78 is 0. The molecule has 0 amide bonds. The van der Waals surface area contributed by atoms with E-state index in [4.69, 9.17) is 0 Å². The molecule has 118 valence electrons. The lowest BCUT2D eigenvalue weighted by molar-refractivity contribution is 0.106. The van der Waals surface area contributed by atoms with Gasteiger partial charge in [-0.2, -0.15) is 0 Å². The van der Waals surface area contributed by atoms with Gasteiger partial charge in [-0.25, -0.2) is 0 Å². The third-order valence-corrected chi connectivity index (χ3v) is 5.29. The molecule has 1 aromatic carbocycles. The Kier molecular flexibility index (Phi) is 5.83. The van der Waals surface area contributed by atoms with Crippen LogP contribution in [-0.2, 0) is 0 Å². The van der Waals surface area contributed by atoms with Gasteiger partial charge in [-0.1, -0.05) is 57.0 Å². The van der Waals surface area contributed by atoms with E-state index in [1.54, 1.807) is 0 Å². The molecule has 1 atom stereocenters. The Morgan fingerprint density at radius 1 is 1.14 bits per heavy atom. The molecule has 1 unspecified atom stereocenters. The smallest absolute Gasteiger partial charge is 0.0449 e. The Hall–Kier alpha value is -0.860. The van der Waals surface area contributed by atoms with Crippen LogP contribution in [-0.4, -0.2) is 31.1 Å². The van der Waals surface area contributed by atoms with Gasteiger partial charge in [0.1, 0.15) is 0 Å². The number of hydrogen-bond acceptors (Lipinski definition) is 2. The summed E-state index contributed by atoms with van der Waals surface area (Å²) in [4.78, 5) is 2.64. The molecule has 1 aromatic rings. The first-order chi connectivity index (χ1) is 10.1. The Morgan fingerprint density at radius 3 is 2.29 bits per heavy atom. The molecule has 0 aliphatic carbocycles. The third kappa shape index (κ3) is 4.55. The summed E-state index contributed by atoms with van der Waals surface area (Å²) in [6.07, 6.45) is 4.00. The number of aryl methyl sites for hydroxylation is 1. The van der Waals surface area contributed by atoms with Gasteiger partial charge in [-0.05, 0) is 50.4 Å². The van der Waals surface area contributed by atoms with Crippen LogP contribution in [0, 0.1) is 12.3 Å². The zero-order valence-electron chi connectivity index (χ0n) is 14.3. The first-order valence-electron chi connectivity index (χ1n) is 8.58. The van der Waals surface area contributed by atoms with Gasteiger partial charge in [-0.15, -0.1) is 0 Å². The van der Waals surface area contributed by atoms with Crippen molar-refractivity contribution in [3.8, 4) is 0 Å². The predicted molar refractivity (Wildman–Crippen MR) is 91.7 cm³/mol. The van der Waals surface area contributed by atoms with E-state index in [1.165, 1.54) is 43.5 Å². The van der Waals surface area contributed by atoms with E-state index in [-0.39, 0.29) is 0 Å². The zero-order valence-corrected chi connectivity index (χ0v) is 14.3. The quantitative estimate of drug-likeness (QED) is 0.845. The molecule has 2 heteroatoms. The number of benzene rings is 1. The van der Waals surface area contributed by atoms with E-state index in [1.807, 2.05) is 0 Å². The SMILES string of the molecule is CCNC(CN1CCC(C)(CC)CC1)c1ccc(C)cc1. The first kappa shape index (κ1) is 16.5. The van der Waals surface area contributed by atoms with Crippen LogP contribution < -0.4 is 5.32 Å². The maximum atomic E-state index is 3.66. The van der Waals surface area contributed by atoms with Crippen molar-refractivity contribution in [1.29, 1.82) is 0 Å². The molecule has 1 aliphatic rings. The van der Waals surface area contributed by atoms with Crippen LogP contribution in [0.4, 0.5) is 0 Å². The average molecular weight is 288 g/mol. The Labute approximate surface area is 130 Å². The number of likely N-dealkylation sites (tertiary alicyclic amines) is 1. The summed E-state index contributed by atoms with van der Waals surface area (Å²) in [5, 5.41) is 3.66. The number of likely N-dealkylation sites (N-methyl/N-ethyl adjacent to an activating group) is 1. The van der Waals surface area contributed by atoms with Crippen molar-refractivity contribution in [3.63, 3.8) is 0 Å². The summed E-state index contributed by atoms with van der Waals surface area (Å²) in [6, 6.07) is 9.47. The fraction of sp³-hybridized carbons (Fsp3) is 0.684. The minimum absolute atomic E-state index is 0.460. The molecule has 1 N–H and O–H groups in total. The largest absolute Gasteiger partial charge is 0.309 e. The molecule has 0 radical (unpaired) electrons. The van der Waals surface area contributed by atoms with Crippen molar-refractivity contribution >= 4 is 0 Å². The van der Waals surface area contributed by atoms with Crippen LogP contribution in [0.1, 0.15) is 57.2 Å². The minimum atomic E-state index is 0.460. The lowest BCUT2D eigenvalue weighted by Gasteiger charge is -2.40. The fourth-order valence-corrected chi connectivity index (χ4v) is 3.22. The highest BCUT2D eigenvalue weighted by Crippen LogP contribution is 2.34. The van der Waals surface area contributed by atoms with Crippen LogP contribution in [0.15, 0.2) is 24.3 Å². The van der Waals surface area contributed by atoms with Gasteiger partial charge >= 0.3 is 0 Å². The van der Waals surface area contributed by atoms with Crippen LogP contribution >= 0.6 is 0 Å². The van der Waals surface area contributed by atoms with Gasteiger partial charge < -0.3 is 10.2 Å². The van der Waals surface area contributed by atoms with Gasteiger partial charge in [-0.3, -0.25) is 0 Å². The van der Waals surface area contributed by atoms with Crippen LogP contribution in [0.5, 0.6) is 0 Å². The summed E-state index contributed by atoms with van der Waals surface area (Å²) in [7, 11) is 0. The molecular formula is C19H32N2. The lowest BCUT2D eigenvalue weighted by Crippen LogP contribution is -2.42. The van der Waals surface area contributed by atoms with Crippen molar-refractivity contribution in [2.75, 3.05) is 26.2 Å². The first-order valence-corrected chi connectivity index (χ1v) is 8.58. The lowest BCUT2D eigenvalue weighted by atomic mass is 9.78. The molecule has 0 spiro atoms. The normalized spacial score (nSPS) is 20.4. The highest BCUT2D eigenvalue weighted by Gasteiger charge is 2.29. The third-order valence-electron chi connectivity index (χ3n) is 5.29. The number of hydrogen-bond donors (Lipinski definition) is 1. The molecular weight excluding hydrogens is 256 g/mol. The number of nitrogens with one attached hydrogen (secondary N) is 1. The van der Waals surface area contributed by atoms with Gasteiger partial charge in [0.2, 0.25) is 0 Å². The number of rotatable bonds is 6. The van der Waals surface area contributed by atoms with Gasteiger partial charge in [0.15, 0.2) is 0 Å². The van der Waals surface area contributed by atoms with E-state index in [0.717, 1.165) is 13.1 Å². The Morgan fingerprint density at radius 2 is 1.76 bits per heavy atom. The van der Waals surface area contributed by atoms with Gasteiger partial charge in [0, 0.05) is 12.6 Å². The predicted octanol–water partition coefficient (Wildman–Crippen LogP) is 4.16. The molecule has 0 saturated carbocycles. The molecule has 1 aliphatic heterocycles. The summed E-state index contributed by atoms with van der Waals surface area (Å²) in [6.45, 7) is 13.8. The van der Waals surface area contributed by atoms with E-state index in [2.05, 4.69) is 62.2 Å². The van der Waals surface area contributed by atoms with Crippen molar-refractivity contribution < 1.29 is 0 Å². The molecule has 1 fully saturated rings. The number of piperidine rings is 1. The van der Waals surface area contributed by atoms with Crippen LogP contribution in [0.25, 0.3) is 0 Å². The molecule has 2 nitrogen and oxygen atoms in total. The van der Waals surface area contributed by atoms with Gasteiger partial charge in [0.25, 0.3) is 0 Å². The highest BCUT2D eigenvalue weighted by molar-refractivity contribution is 5.24. The Bertz CT molecular complexity index is 416. The minimum Gasteiger partial charge on any atom is -0.309 e. The fourth-order valence-electron chi connectivity index (χ4n) is 3.22. The van der Waals surface area contributed by atoms with E-state index in [9.17, 15) is 0 Å². The molecule has 0 bridgehead atoms. The molecule has 1 saturated heterocycles. The van der Waals surface area contributed by atoms with Crippen molar-refractivity contribution in [2.24, 2.45) is 5.41 Å². The molecule has 21 heavy (non-hydrogen) atoms. The van der Waals surface area contributed by atoms with Crippen molar-refractivity contribution in [2.45, 2.75) is 53.0 Å². The second-order valence-corrected chi connectivity index (χ2v) is 6.99. The second kappa shape index (κ2) is 7.42. The zero-order chi connectivity index (χ0) is 15.3. The molecule has 2 rings (SSSR count). The second-order valence-electron chi connectivity index (χ2n) is 6.99.